The number of hydrogen-bond acceptors (Lipinski definition) is 4. The van der Waals surface area contributed by atoms with Gasteiger partial charge in [-0.15, -0.1) is 11.3 Å². The summed E-state index contributed by atoms with van der Waals surface area (Å²) < 4.78 is 25.2. The third kappa shape index (κ3) is 4.24. The van der Waals surface area contributed by atoms with Gasteiger partial charge in [-0.05, 0) is 29.9 Å². The van der Waals surface area contributed by atoms with E-state index in [2.05, 4.69) is 0 Å². The molecule has 0 atom stereocenters. The van der Waals surface area contributed by atoms with Crippen LogP contribution in [0.2, 0.25) is 0 Å². The van der Waals surface area contributed by atoms with Crippen LogP contribution in [0, 0.1) is 0 Å². The first-order valence-corrected chi connectivity index (χ1v) is 10.7. The SMILES string of the molecule is O=C(Cc1cccs1)N1CCC(S(=O)(=O)Cc2ccccc2)CC1. The topological polar surface area (TPSA) is 54.5 Å². The molecule has 0 spiro atoms. The van der Waals surface area contributed by atoms with E-state index < -0.39 is 9.84 Å². The van der Waals surface area contributed by atoms with E-state index in [1.807, 2.05) is 47.8 Å². The summed E-state index contributed by atoms with van der Waals surface area (Å²) in [5.74, 6) is 0.179. The first-order chi connectivity index (χ1) is 11.5. The molecule has 0 saturated carbocycles. The van der Waals surface area contributed by atoms with E-state index in [1.54, 1.807) is 16.2 Å². The molecule has 1 fully saturated rings. The Labute approximate surface area is 147 Å². The van der Waals surface area contributed by atoms with Crippen molar-refractivity contribution in [2.24, 2.45) is 0 Å². The number of benzene rings is 1. The smallest absolute Gasteiger partial charge is 0.227 e. The van der Waals surface area contributed by atoms with Crippen molar-refractivity contribution < 1.29 is 13.2 Å². The fraction of sp³-hybridized carbons (Fsp3) is 0.389. The zero-order valence-electron chi connectivity index (χ0n) is 13.4. The molecule has 0 unspecified atom stereocenters. The standard InChI is InChI=1S/C18H21NO3S2/c20-18(13-16-7-4-12-23-16)19-10-8-17(9-11-19)24(21,22)14-15-5-2-1-3-6-15/h1-7,12,17H,8-11,13-14H2. The molecule has 1 amide bonds. The maximum Gasteiger partial charge on any atom is 0.227 e. The Balaban J connectivity index is 1.55. The van der Waals surface area contributed by atoms with Crippen LogP contribution in [0.4, 0.5) is 0 Å². The molecule has 1 aromatic carbocycles. The van der Waals surface area contributed by atoms with Gasteiger partial charge < -0.3 is 4.90 Å². The van der Waals surface area contributed by atoms with Crippen LogP contribution in [0.5, 0.6) is 0 Å². The number of nitrogens with zero attached hydrogens (tertiary/aromatic N) is 1. The highest BCUT2D eigenvalue weighted by Gasteiger charge is 2.31. The Morgan fingerprint density at radius 3 is 2.42 bits per heavy atom. The molecular formula is C18H21NO3S2. The van der Waals surface area contributed by atoms with Gasteiger partial charge in [0.15, 0.2) is 9.84 Å². The van der Waals surface area contributed by atoms with Gasteiger partial charge in [-0.3, -0.25) is 4.79 Å². The van der Waals surface area contributed by atoms with Crippen molar-refractivity contribution >= 4 is 27.1 Å². The highest BCUT2D eigenvalue weighted by Crippen LogP contribution is 2.22. The number of carbonyl (C=O) groups excluding carboxylic acids is 1. The number of amides is 1. The molecule has 1 aliphatic rings. The average Bonchev–Trinajstić information content (AvgIpc) is 3.08. The van der Waals surface area contributed by atoms with Crippen molar-refractivity contribution in [3.05, 3.63) is 58.3 Å². The Hall–Kier alpha value is -1.66. The first kappa shape index (κ1) is 17.2. The monoisotopic (exact) mass is 363 g/mol. The summed E-state index contributed by atoms with van der Waals surface area (Å²) in [5.41, 5.74) is 0.828. The lowest BCUT2D eigenvalue weighted by Crippen LogP contribution is -2.43. The molecule has 128 valence electrons. The van der Waals surface area contributed by atoms with Crippen molar-refractivity contribution in [3.8, 4) is 0 Å². The van der Waals surface area contributed by atoms with Crippen LogP contribution in [-0.4, -0.2) is 37.6 Å². The van der Waals surface area contributed by atoms with Crippen LogP contribution < -0.4 is 0 Å². The van der Waals surface area contributed by atoms with E-state index >= 15 is 0 Å². The summed E-state index contributed by atoms with van der Waals surface area (Å²) in [6, 6.07) is 13.2. The van der Waals surface area contributed by atoms with Crippen LogP contribution in [0.25, 0.3) is 0 Å². The molecular weight excluding hydrogens is 342 g/mol. The lowest BCUT2D eigenvalue weighted by atomic mass is 10.1. The predicted octanol–water partition coefficient (Wildman–Crippen LogP) is 2.90. The molecule has 24 heavy (non-hydrogen) atoms. The Kier molecular flexibility index (Phi) is 5.36. The van der Waals surface area contributed by atoms with Crippen LogP contribution in [0.1, 0.15) is 23.3 Å². The van der Waals surface area contributed by atoms with Gasteiger partial charge in [0.25, 0.3) is 0 Å². The normalized spacial score (nSPS) is 16.2. The number of thiophene rings is 1. The van der Waals surface area contributed by atoms with Crippen LogP contribution in [0.15, 0.2) is 47.8 Å². The molecule has 3 rings (SSSR count). The second kappa shape index (κ2) is 7.49. The van der Waals surface area contributed by atoms with Gasteiger partial charge in [0.2, 0.25) is 5.91 Å². The molecule has 0 N–H and O–H groups in total. The third-order valence-corrected chi connectivity index (χ3v) is 7.52. The summed E-state index contributed by atoms with van der Waals surface area (Å²) >= 11 is 1.58. The maximum atomic E-state index is 12.6. The largest absolute Gasteiger partial charge is 0.342 e. The molecule has 4 nitrogen and oxygen atoms in total. The fourth-order valence-electron chi connectivity index (χ4n) is 3.06. The Morgan fingerprint density at radius 2 is 1.79 bits per heavy atom. The van der Waals surface area contributed by atoms with E-state index in [0.29, 0.717) is 32.4 Å². The number of likely N-dealkylation sites (tertiary alicyclic amines) is 1. The second-order valence-electron chi connectivity index (χ2n) is 6.13. The molecule has 0 aliphatic carbocycles. The molecule has 2 aromatic rings. The number of piperidine rings is 1. The van der Waals surface area contributed by atoms with Crippen molar-refractivity contribution in [1.82, 2.24) is 4.90 Å². The quantitative estimate of drug-likeness (QED) is 0.821. The maximum absolute atomic E-state index is 12.6. The highest BCUT2D eigenvalue weighted by atomic mass is 32.2. The van der Waals surface area contributed by atoms with E-state index in [0.717, 1.165) is 10.4 Å². The number of rotatable bonds is 5. The van der Waals surface area contributed by atoms with Crippen molar-refractivity contribution in [3.63, 3.8) is 0 Å². The zero-order valence-corrected chi connectivity index (χ0v) is 15.1. The second-order valence-corrected chi connectivity index (χ2v) is 9.44. The Bertz CT molecular complexity index is 762. The fourth-order valence-corrected chi connectivity index (χ4v) is 5.58. The summed E-state index contributed by atoms with van der Waals surface area (Å²) in [4.78, 5) is 15.2. The zero-order chi connectivity index (χ0) is 17.0. The van der Waals surface area contributed by atoms with E-state index in [9.17, 15) is 13.2 Å². The number of carbonyl (C=O) groups is 1. The lowest BCUT2D eigenvalue weighted by Gasteiger charge is -2.31. The minimum absolute atomic E-state index is 0.0850. The minimum Gasteiger partial charge on any atom is -0.342 e. The van der Waals surface area contributed by atoms with Gasteiger partial charge in [-0.2, -0.15) is 0 Å². The summed E-state index contributed by atoms with van der Waals surface area (Å²) in [6.07, 6.45) is 1.48. The highest BCUT2D eigenvalue weighted by molar-refractivity contribution is 7.91. The van der Waals surface area contributed by atoms with E-state index in [-0.39, 0.29) is 16.9 Å². The van der Waals surface area contributed by atoms with Crippen molar-refractivity contribution in [2.45, 2.75) is 30.3 Å². The molecule has 1 aliphatic heterocycles. The van der Waals surface area contributed by atoms with Gasteiger partial charge in [-0.1, -0.05) is 36.4 Å². The average molecular weight is 364 g/mol. The van der Waals surface area contributed by atoms with Crippen LogP contribution in [0.3, 0.4) is 0 Å². The third-order valence-electron chi connectivity index (χ3n) is 4.42. The minimum atomic E-state index is -3.17. The van der Waals surface area contributed by atoms with Crippen molar-refractivity contribution in [1.29, 1.82) is 0 Å². The lowest BCUT2D eigenvalue weighted by molar-refractivity contribution is -0.131. The van der Waals surface area contributed by atoms with Gasteiger partial charge in [0.05, 0.1) is 17.4 Å². The Morgan fingerprint density at radius 1 is 1.08 bits per heavy atom. The van der Waals surface area contributed by atoms with Gasteiger partial charge in [0.1, 0.15) is 0 Å². The number of sulfone groups is 1. The molecule has 6 heteroatoms. The van der Waals surface area contributed by atoms with E-state index in [1.165, 1.54) is 0 Å². The summed E-state index contributed by atoms with van der Waals surface area (Å²) in [6.45, 7) is 1.06. The molecule has 1 aromatic heterocycles. The van der Waals surface area contributed by atoms with Gasteiger partial charge >= 0.3 is 0 Å². The molecule has 0 bridgehead atoms. The molecule has 2 heterocycles. The first-order valence-electron chi connectivity index (χ1n) is 8.10. The summed E-state index contributed by atoms with van der Waals surface area (Å²) in [7, 11) is -3.17. The van der Waals surface area contributed by atoms with Crippen LogP contribution >= 0.6 is 11.3 Å². The van der Waals surface area contributed by atoms with Crippen LogP contribution in [-0.2, 0) is 26.8 Å². The molecule has 1 saturated heterocycles. The summed E-state index contributed by atoms with van der Waals surface area (Å²) in [5, 5.41) is 1.62. The van der Waals surface area contributed by atoms with Gasteiger partial charge in [0, 0.05) is 18.0 Å². The van der Waals surface area contributed by atoms with E-state index in [4.69, 9.17) is 0 Å². The predicted molar refractivity (Wildman–Crippen MR) is 96.7 cm³/mol. The molecule has 0 radical (unpaired) electrons. The van der Waals surface area contributed by atoms with Crippen molar-refractivity contribution in [2.75, 3.05) is 13.1 Å². The number of hydrogen-bond donors (Lipinski definition) is 0. The van der Waals surface area contributed by atoms with Gasteiger partial charge in [-0.25, -0.2) is 8.42 Å².